The summed E-state index contributed by atoms with van der Waals surface area (Å²) in [6.07, 6.45) is 0.270. The van der Waals surface area contributed by atoms with Gasteiger partial charge >= 0.3 is 5.97 Å². The molecular weight excluding hydrogens is 288 g/mol. The van der Waals surface area contributed by atoms with Crippen LogP contribution < -0.4 is 0 Å². The van der Waals surface area contributed by atoms with Gasteiger partial charge in [-0.3, -0.25) is 4.21 Å². The van der Waals surface area contributed by atoms with E-state index in [9.17, 15) is 9.00 Å². The number of hydrogen-bond acceptors (Lipinski definition) is 4. The third-order valence-corrected chi connectivity index (χ3v) is 5.03. The molecule has 0 unspecified atom stereocenters. The van der Waals surface area contributed by atoms with E-state index >= 15 is 0 Å². The molecule has 3 atom stereocenters. The van der Waals surface area contributed by atoms with Crippen molar-refractivity contribution in [2.24, 2.45) is 0 Å². The fraction of sp³-hybridized carbons (Fsp3) is 0.562. The van der Waals surface area contributed by atoms with Gasteiger partial charge < -0.3 is 9.47 Å². The van der Waals surface area contributed by atoms with Crippen molar-refractivity contribution in [3.05, 3.63) is 29.8 Å². The number of esters is 1. The van der Waals surface area contributed by atoms with Crippen molar-refractivity contribution in [3.63, 3.8) is 0 Å². The number of aryl methyl sites for hydroxylation is 1. The van der Waals surface area contributed by atoms with Crippen LogP contribution in [0.2, 0.25) is 0 Å². The van der Waals surface area contributed by atoms with Crippen molar-refractivity contribution in [1.29, 1.82) is 0 Å². The molecule has 0 amide bonds. The van der Waals surface area contributed by atoms with Crippen molar-refractivity contribution in [2.45, 2.75) is 62.6 Å². The number of carbonyl (C=O) groups excluding carboxylic acids is 1. The molecule has 1 aromatic carbocycles. The molecule has 1 heterocycles. The summed E-state index contributed by atoms with van der Waals surface area (Å²) in [5.41, 5.74) is 0.442. The van der Waals surface area contributed by atoms with E-state index in [-0.39, 0.29) is 6.10 Å². The third kappa shape index (κ3) is 3.19. The van der Waals surface area contributed by atoms with Crippen LogP contribution in [0.15, 0.2) is 29.2 Å². The summed E-state index contributed by atoms with van der Waals surface area (Å²) in [6, 6.07) is 7.29. The van der Waals surface area contributed by atoms with Crippen LogP contribution in [0.1, 0.15) is 39.7 Å². The molecule has 116 valence electrons. The average Bonchev–Trinajstić information content (AvgIpc) is 3.12. The van der Waals surface area contributed by atoms with Crippen LogP contribution in [0.25, 0.3) is 0 Å². The number of benzene rings is 1. The minimum atomic E-state index is -1.58. The molecule has 1 saturated heterocycles. The van der Waals surface area contributed by atoms with E-state index in [2.05, 4.69) is 0 Å². The largest absolute Gasteiger partial charge is 0.457 e. The lowest BCUT2D eigenvalue weighted by atomic mass is 10.2. The molecule has 1 fully saturated rings. The van der Waals surface area contributed by atoms with E-state index in [0.717, 1.165) is 5.56 Å². The van der Waals surface area contributed by atoms with Gasteiger partial charge in [-0.2, -0.15) is 0 Å². The van der Waals surface area contributed by atoms with Crippen LogP contribution in [-0.4, -0.2) is 26.8 Å². The van der Waals surface area contributed by atoms with E-state index in [1.807, 2.05) is 26.0 Å². The van der Waals surface area contributed by atoms with Gasteiger partial charge in [-0.05, 0) is 46.2 Å². The summed E-state index contributed by atoms with van der Waals surface area (Å²) in [5.74, 6) is -0.541. The van der Waals surface area contributed by atoms with Crippen LogP contribution in [0.5, 0.6) is 0 Å². The van der Waals surface area contributed by atoms with Gasteiger partial charge in [0, 0.05) is 4.90 Å². The first-order valence-corrected chi connectivity index (χ1v) is 8.25. The highest BCUT2D eigenvalue weighted by Gasteiger charge is 2.68. The zero-order valence-corrected chi connectivity index (χ0v) is 14.0. The zero-order valence-electron chi connectivity index (χ0n) is 13.1. The normalized spacial score (nSPS) is 26.2. The molecule has 5 heteroatoms. The van der Waals surface area contributed by atoms with Crippen LogP contribution in [0, 0.1) is 6.92 Å². The van der Waals surface area contributed by atoms with Crippen LogP contribution in [0.4, 0.5) is 0 Å². The number of hydrogen-bond donors (Lipinski definition) is 0. The summed E-state index contributed by atoms with van der Waals surface area (Å²) in [5, 5.41) is 0. The molecule has 1 aliphatic rings. The summed E-state index contributed by atoms with van der Waals surface area (Å²) < 4.78 is 23.8. The van der Waals surface area contributed by atoms with Gasteiger partial charge in [0.1, 0.15) is 22.5 Å². The highest BCUT2D eigenvalue weighted by atomic mass is 32.2. The second-order valence-electron chi connectivity index (χ2n) is 6.27. The SMILES string of the molecule is CC[C@@H]1O[C@@]1(C(=O)OC(C)(C)C)[S@@](=O)c1ccc(C)cc1. The van der Waals surface area contributed by atoms with Crippen molar-refractivity contribution >= 4 is 16.8 Å². The Morgan fingerprint density at radius 1 is 1.33 bits per heavy atom. The molecule has 0 bridgehead atoms. The van der Waals surface area contributed by atoms with E-state index in [1.54, 1.807) is 32.9 Å². The van der Waals surface area contributed by atoms with Crippen LogP contribution in [-0.2, 0) is 25.1 Å². The Bertz CT molecular complexity index is 559. The molecule has 0 radical (unpaired) electrons. The first-order chi connectivity index (χ1) is 9.70. The van der Waals surface area contributed by atoms with Gasteiger partial charge in [0.2, 0.25) is 0 Å². The molecule has 4 nitrogen and oxygen atoms in total. The minimum absolute atomic E-state index is 0.352. The Morgan fingerprint density at radius 3 is 2.33 bits per heavy atom. The Kier molecular flexibility index (Phi) is 4.26. The lowest BCUT2D eigenvalue weighted by Crippen LogP contribution is -2.39. The number of carbonyl (C=O) groups is 1. The molecular formula is C16H22O4S. The average molecular weight is 310 g/mol. The summed E-state index contributed by atoms with van der Waals surface area (Å²) in [7, 11) is -1.58. The van der Waals surface area contributed by atoms with E-state index in [0.29, 0.717) is 11.3 Å². The maximum atomic E-state index is 12.8. The van der Waals surface area contributed by atoms with E-state index < -0.39 is 27.3 Å². The Labute approximate surface area is 128 Å². The topological polar surface area (TPSA) is 55.9 Å². The second-order valence-corrected chi connectivity index (χ2v) is 7.88. The molecule has 0 saturated carbocycles. The van der Waals surface area contributed by atoms with E-state index in [1.165, 1.54) is 0 Å². The maximum absolute atomic E-state index is 12.8. The quantitative estimate of drug-likeness (QED) is 0.634. The second kappa shape index (κ2) is 5.54. The third-order valence-electron chi connectivity index (χ3n) is 3.25. The number of rotatable bonds is 4. The Hall–Kier alpha value is -1.20. The fourth-order valence-corrected chi connectivity index (χ4v) is 3.67. The van der Waals surface area contributed by atoms with Gasteiger partial charge in [-0.1, -0.05) is 24.6 Å². The lowest BCUT2D eigenvalue weighted by molar-refractivity contribution is -0.157. The smallest absolute Gasteiger partial charge is 0.355 e. The first-order valence-electron chi connectivity index (χ1n) is 7.10. The highest BCUT2D eigenvalue weighted by molar-refractivity contribution is 7.87. The standard InChI is InChI=1S/C16H22O4S/c1-6-13-16(19-13,14(17)20-15(3,4)5)21(18)12-9-7-11(2)8-10-12/h7-10,13H,6H2,1-5H3/t13-,16+,21-/m0/s1. The van der Waals surface area contributed by atoms with Crippen molar-refractivity contribution in [1.82, 2.24) is 0 Å². The maximum Gasteiger partial charge on any atom is 0.355 e. The molecule has 1 aromatic rings. The van der Waals surface area contributed by atoms with Crippen molar-refractivity contribution in [2.75, 3.05) is 0 Å². The highest BCUT2D eigenvalue weighted by Crippen LogP contribution is 2.46. The summed E-state index contributed by atoms with van der Waals surface area (Å²) in [4.78, 5) is 11.7. The summed E-state index contributed by atoms with van der Waals surface area (Å²) >= 11 is 0. The first kappa shape index (κ1) is 16.2. The van der Waals surface area contributed by atoms with Gasteiger partial charge in [0.05, 0.1) is 0 Å². The van der Waals surface area contributed by atoms with Gasteiger partial charge in [-0.25, -0.2) is 4.79 Å². The summed E-state index contributed by atoms with van der Waals surface area (Å²) in [6.45, 7) is 9.23. The number of epoxide rings is 1. The molecule has 1 aliphatic heterocycles. The van der Waals surface area contributed by atoms with Crippen molar-refractivity contribution in [3.8, 4) is 0 Å². The molecule has 0 N–H and O–H groups in total. The molecule has 0 aliphatic carbocycles. The monoisotopic (exact) mass is 310 g/mol. The Balaban J connectivity index is 2.29. The zero-order chi connectivity index (χ0) is 15.8. The fourth-order valence-electron chi connectivity index (χ4n) is 2.13. The number of ether oxygens (including phenoxy) is 2. The molecule has 0 spiro atoms. The van der Waals surface area contributed by atoms with Gasteiger partial charge in [0.25, 0.3) is 4.93 Å². The Morgan fingerprint density at radius 2 is 1.90 bits per heavy atom. The molecule has 0 aromatic heterocycles. The van der Waals surface area contributed by atoms with Crippen LogP contribution in [0.3, 0.4) is 0 Å². The van der Waals surface area contributed by atoms with Gasteiger partial charge in [-0.15, -0.1) is 0 Å². The predicted octanol–water partition coefficient (Wildman–Crippen LogP) is 2.95. The van der Waals surface area contributed by atoms with Crippen LogP contribution >= 0.6 is 0 Å². The predicted molar refractivity (Wildman–Crippen MR) is 81.3 cm³/mol. The van der Waals surface area contributed by atoms with E-state index in [4.69, 9.17) is 9.47 Å². The minimum Gasteiger partial charge on any atom is -0.457 e. The van der Waals surface area contributed by atoms with Gasteiger partial charge in [0.15, 0.2) is 0 Å². The lowest BCUT2D eigenvalue weighted by Gasteiger charge is -2.22. The molecule has 2 rings (SSSR count). The molecule has 21 heavy (non-hydrogen) atoms. The van der Waals surface area contributed by atoms with Crippen molar-refractivity contribution < 1.29 is 18.5 Å².